The molecule has 0 atom stereocenters. The number of nitrogens with one attached hydrogen (secondary N) is 2. The standard InChI is InChI=1S/C26H22Cl3N5O3S/c27-17-1-7-21-24(9-10-30-25(21)15-17)31-18-2-5-20(6-3-18)38(36,37)34-13-11-33(12-14-34)26(35)32-19-4-8-22(28)23(29)16-19/h1-10,15-16H,11-14H2,(H,30,31)(H,32,35). The van der Waals surface area contributed by atoms with Crippen molar-refractivity contribution in [3.63, 3.8) is 0 Å². The molecule has 2 amide bonds. The Kier molecular flexibility index (Phi) is 7.65. The summed E-state index contributed by atoms with van der Waals surface area (Å²) in [5.41, 5.74) is 2.83. The Labute approximate surface area is 235 Å². The molecule has 0 aliphatic carbocycles. The van der Waals surface area contributed by atoms with Crippen molar-refractivity contribution in [2.24, 2.45) is 0 Å². The number of piperazine rings is 1. The number of carbonyl (C=O) groups excluding carboxylic acids is 1. The van der Waals surface area contributed by atoms with Gasteiger partial charge in [-0.15, -0.1) is 0 Å². The lowest BCUT2D eigenvalue weighted by molar-refractivity contribution is 0.184. The van der Waals surface area contributed by atoms with E-state index in [0.717, 1.165) is 22.3 Å². The van der Waals surface area contributed by atoms with Gasteiger partial charge in [-0.3, -0.25) is 4.98 Å². The molecule has 0 bridgehead atoms. The summed E-state index contributed by atoms with van der Waals surface area (Å²) in [4.78, 5) is 18.7. The Morgan fingerprint density at radius 3 is 2.24 bits per heavy atom. The van der Waals surface area contributed by atoms with Gasteiger partial charge in [0.1, 0.15) is 0 Å². The first-order chi connectivity index (χ1) is 18.2. The Morgan fingerprint density at radius 1 is 0.816 bits per heavy atom. The highest BCUT2D eigenvalue weighted by Crippen LogP contribution is 2.29. The molecule has 0 unspecified atom stereocenters. The first-order valence-electron chi connectivity index (χ1n) is 11.6. The predicted octanol–water partition coefficient (Wildman–Crippen LogP) is 6.48. The number of amides is 2. The van der Waals surface area contributed by atoms with E-state index < -0.39 is 10.0 Å². The molecule has 2 N–H and O–H groups in total. The summed E-state index contributed by atoms with van der Waals surface area (Å²) in [6, 6.07) is 18.4. The SMILES string of the molecule is O=C(Nc1ccc(Cl)c(Cl)c1)N1CCN(S(=O)(=O)c2ccc(Nc3ccnc4cc(Cl)ccc34)cc2)CC1. The molecule has 0 spiro atoms. The topological polar surface area (TPSA) is 94.6 Å². The van der Waals surface area contributed by atoms with E-state index in [1.54, 1.807) is 65.7 Å². The van der Waals surface area contributed by atoms with Gasteiger partial charge in [-0.1, -0.05) is 34.8 Å². The molecule has 12 heteroatoms. The van der Waals surface area contributed by atoms with Gasteiger partial charge in [-0.05, 0) is 66.7 Å². The first kappa shape index (κ1) is 26.5. The van der Waals surface area contributed by atoms with Crippen molar-refractivity contribution in [2.75, 3.05) is 36.8 Å². The van der Waals surface area contributed by atoms with Crippen LogP contribution in [0.3, 0.4) is 0 Å². The molecule has 8 nitrogen and oxygen atoms in total. The highest BCUT2D eigenvalue weighted by atomic mass is 35.5. The van der Waals surface area contributed by atoms with Crippen LogP contribution >= 0.6 is 34.8 Å². The molecule has 38 heavy (non-hydrogen) atoms. The van der Waals surface area contributed by atoms with E-state index >= 15 is 0 Å². The number of carbonyl (C=O) groups is 1. The number of fused-ring (bicyclic) bond motifs is 1. The molecule has 4 aromatic rings. The maximum absolute atomic E-state index is 13.2. The molecule has 1 aliphatic heterocycles. The lowest BCUT2D eigenvalue weighted by Crippen LogP contribution is -2.51. The Morgan fingerprint density at radius 2 is 1.53 bits per heavy atom. The molecule has 1 fully saturated rings. The number of halogens is 3. The summed E-state index contributed by atoms with van der Waals surface area (Å²) < 4.78 is 27.9. The van der Waals surface area contributed by atoms with Gasteiger partial charge in [0, 0.05) is 59.8 Å². The second-order valence-electron chi connectivity index (χ2n) is 8.62. The summed E-state index contributed by atoms with van der Waals surface area (Å²) in [7, 11) is -3.72. The third kappa shape index (κ3) is 5.67. The fraction of sp³-hybridized carbons (Fsp3) is 0.154. The van der Waals surface area contributed by atoms with Crippen LogP contribution in [0.5, 0.6) is 0 Å². The van der Waals surface area contributed by atoms with Gasteiger partial charge >= 0.3 is 6.03 Å². The largest absolute Gasteiger partial charge is 0.355 e. The van der Waals surface area contributed by atoms with Crippen LogP contribution in [0.1, 0.15) is 0 Å². The lowest BCUT2D eigenvalue weighted by atomic mass is 10.2. The first-order valence-corrected chi connectivity index (χ1v) is 14.2. The second kappa shape index (κ2) is 11.0. The molecular formula is C26H22Cl3N5O3S. The fourth-order valence-corrected chi connectivity index (χ4v) is 6.04. The van der Waals surface area contributed by atoms with Crippen molar-refractivity contribution in [3.05, 3.63) is 88.0 Å². The highest BCUT2D eigenvalue weighted by molar-refractivity contribution is 7.89. The molecule has 1 saturated heterocycles. The van der Waals surface area contributed by atoms with Gasteiger partial charge in [0.15, 0.2) is 0 Å². The number of anilines is 3. The Hall–Kier alpha value is -3.08. The van der Waals surface area contributed by atoms with Gasteiger partial charge in [-0.25, -0.2) is 13.2 Å². The van der Waals surface area contributed by atoms with Crippen LogP contribution in [0.25, 0.3) is 10.9 Å². The summed E-state index contributed by atoms with van der Waals surface area (Å²) in [6.45, 7) is 0.877. The Bertz CT molecular complexity index is 1610. The molecule has 196 valence electrons. The van der Waals surface area contributed by atoms with Crippen LogP contribution in [0, 0.1) is 0 Å². The average Bonchev–Trinajstić information content (AvgIpc) is 2.91. The Balaban J connectivity index is 1.22. The molecule has 0 saturated carbocycles. The van der Waals surface area contributed by atoms with Gasteiger partial charge in [0.05, 0.1) is 20.5 Å². The second-order valence-corrected chi connectivity index (χ2v) is 11.8. The van der Waals surface area contributed by atoms with Gasteiger partial charge in [0.25, 0.3) is 0 Å². The van der Waals surface area contributed by atoms with Gasteiger partial charge < -0.3 is 15.5 Å². The lowest BCUT2D eigenvalue weighted by Gasteiger charge is -2.34. The number of sulfonamides is 1. The minimum atomic E-state index is -3.72. The average molecular weight is 591 g/mol. The number of benzene rings is 3. The van der Waals surface area contributed by atoms with Crippen LogP contribution in [0.2, 0.25) is 15.1 Å². The smallest absolute Gasteiger partial charge is 0.321 e. The van der Waals surface area contributed by atoms with Crippen LogP contribution in [-0.2, 0) is 10.0 Å². The third-order valence-electron chi connectivity index (χ3n) is 6.17. The molecule has 1 aliphatic rings. The zero-order chi connectivity index (χ0) is 26.9. The van der Waals surface area contributed by atoms with E-state index in [1.165, 1.54) is 4.31 Å². The van der Waals surface area contributed by atoms with Crippen molar-refractivity contribution in [3.8, 4) is 0 Å². The zero-order valence-electron chi connectivity index (χ0n) is 19.9. The molecular weight excluding hydrogens is 569 g/mol. The van der Waals surface area contributed by atoms with E-state index in [-0.39, 0.29) is 37.1 Å². The number of hydrogen-bond donors (Lipinski definition) is 2. The number of urea groups is 1. The number of rotatable bonds is 5. The number of nitrogens with zero attached hydrogens (tertiary/aromatic N) is 3. The zero-order valence-corrected chi connectivity index (χ0v) is 22.9. The van der Waals surface area contributed by atoms with Crippen molar-refractivity contribution in [1.82, 2.24) is 14.2 Å². The minimum Gasteiger partial charge on any atom is -0.355 e. The van der Waals surface area contributed by atoms with E-state index in [1.807, 2.05) is 12.1 Å². The predicted molar refractivity (Wildman–Crippen MR) is 152 cm³/mol. The van der Waals surface area contributed by atoms with Crippen molar-refractivity contribution < 1.29 is 13.2 Å². The van der Waals surface area contributed by atoms with Crippen molar-refractivity contribution in [2.45, 2.75) is 4.90 Å². The normalized spacial score (nSPS) is 14.4. The van der Waals surface area contributed by atoms with E-state index in [0.29, 0.717) is 20.8 Å². The van der Waals surface area contributed by atoms with Crippen molar-refractivity contribution >= 4 is 78.8 Å². The minimum absolute atomic E-state index is 0.183. The van der Waals surface area contributed by atoms with Crippen LogP contribution < -0.4 is 10.6 Å². The van der Waals surface area contributed by atoms with Crippen LogP contribution in [0.4, 0.5) is 21.9 Å². The van der Waals surface area contributed by atoms with E-state index in [9.17, 15) is 13.2 Å². The molecule has 0 radical (unpaired) electrons. The summed E-state index contributed by atoms with van der Waals surface area (Å²) in [6.07, 6.45) is 1.68. The fourth-order valence-electron chi connectivity index (χ4n) is 4.15. The van der Waals surface area contributed by atoms with Gasteiger partial charge in [0.2, 0.25) is 10.0 Å². The van der Waals surface area contributed by atoms with Crippen LogP contribution in [-0.4, -0.2) is 54.8 Å². The van der Waals surface area contributed by atoms with Gasteiger partial charge in [-0.2, -0.15) is 4.31 Å². The maximum atomic E-state index is 13.2. The number of pyridine rings is 1. The summed E-state index contributed by atoms with van der Waals surface area (Å²) in [5.74, 6) is 0. The van der Waals surface area contributed by atoms with Crippen LogP contribution in [0.15, 0.2) is 77.8 Å². The number of hydrogen-bond acceptors (Lipinski definition) is 5. The van der Waals surface area contributed by atoms with E-state index in [2.05, 4.69) is 15.6 Å². The molecule has 2 heterocycles. The summed E-state index contributed by atoms with van der Waals surface area (Å²) >= 11 is 18.0. The highest BCUT2D eigenvalue weighted by Gasteiger charge is 2.30. The summed E-state index contributed by atoms with van der Waals surface area (Å²) in [5, 5.41) is 8.30. The van der Waals surface area contributed by atoms with E-state index in [4.69, 9.17) is 34.8 Å². The van der Waals surface area contributed by atoms with Crippen molar-refractivity contribution in [1.29, 1.82) is 0 Å². The molecule has 5 rings (SSSR count). The molecule has 1 aromatic heterocycles. The third-order valence-corrected chi connectivity index (χ3v) is 9.06. The maximum Gasteiger partial charge on any atom is 0.321 e. The monoisotopic (exact) mass is 589 g/mol. The number of aromatic nitrogens is 1. The quantitative estimate of drug-likeness (QED) is 0.278. The molecule has 3 aromatic carbocycles.